The number of nitrogens with zero attached hydrogens (tertiary/aromatic N) is 2. The number of nitrogen functional groups attached to an aromatic ring is 1. The second kappa shape index (κ2) is 6.80. The minimum atomic E-state index is 0.549. The first-order valence-electron chi connectivity index (χ1n) is 6.27. The van der Waals surface area contributed by atoms with E-state index in [1.54, 1.807) is 13.2 Å². The SMILES string of the molecule is COCc1cccc(OCCCn2ccc(N)n2)c1. The first kappa shape index (κ1) is 13.4. The lowest BCUT2D eigenvalue weighted by atomic mass is 10.2. The minimum absolute atomic E-state index is 0.549. The standard InChI is InChI=1S/C14H19N3O2/c1-18-11-12-4-2-5-13(10-12)19-9-3-7-17-8-6-14(15)16-17/h2,4-6,8,10H,3,7,9,11H2,1H3,(H2,15,16). The lowest BCUT2D eigenvalue weighted by Gasteiger charge is -2.08. The number of rotatable bonds is 7. The first-order chi connectivity index (χ1) is 9.28. The van der Waals surface area contributed by atoms with Crippen molar-refractivity contribution in [3.63, 3.8) is 0 Å². The lowest BCUT2D eigenvalue weighted by molar-refractivity contribution is 0.184. The zero-order chi connectivity index (χ0) is 13.5. The fourth-order valence-corrected chi connectivity index (χ4v) is 1.81. The molecular weight excluding hydrogens is 242 g/mol. The smallest absolute Gasteiger partial charge is 0.145 e. The molecule has 0 spiro atoms. The Kier molecular flexibility index (Phi) is 4.80. The molecule has 0 fully saturated rings. The third kappa shape index (κ3) is 4.30. The van der Waals surface area contributed by atoms with Crippen LogP contribution >= 0.6 is 0 Å². The van der Waals surface area contributed by atoms with Crippen LogP contribution in [0.1, 0.15) is 12.0 Å². The summed E-state index contributed by atoms with van der Waals surface area (Å²) in [5.74, 6) is 1.42. The molecule has 1 heterocycles. The zero-order valence-corrected chi connectivity index (χ0v) is 11.1. The van der Waals surface area contributed by atoms with E-state index in [4.69, 9.17) is 15.2 Å². The van der Waals surface area contributed by atoms with E-state index in [0.717, 1.165) is 24.3 Å². The van der Waals surface area contributed by atoms with Gasteiger partial charge in [0, 0.05) is 26.3 Å². The molecule has 2 aromatic rings. The van der Waals surface area contributed by atoms with Crippen LogP contribution < -0.4 is 10.5 Å². The van der Waals surface area contributed by atoms with Gasteiger partial charge in [-0.1, -0.05) is 12.1 Å². The summed E-state index contributed by atoms with van der Waals surface area (Å²) in [5.41, 5.74) is 6.65. The molecule has 5 heteroatoms. The Balaban J connectivity index is 1.74. The van der Waals surface area contributed by atoms with Gasteiger partial charge in [-0.05, 0) is 23.8 Å². The van der Waals surface area contributed by atoms with Crippen LogP contribution in [0, 0.1) is 0 Å². The molecule has 0 unspecified atom stereocenters. The monoisotopic (exact) mass is 261 g/mol. The van der Waals surface area contributed by atoms with Gasteiger partial charge in [0.05, 0.1) is 13.2 Å². The maximum absolute atomic E-state index is 5.69. The number of anilines is 1. The number of nitrogens with two attached hydrogens (primary N) is 1. The van der Waals surface area contributed by atoms with Gasteiger partial charge in [0.25, 0.3) is 0 Å². The predicted octanol–water partition coefficient (Wildman–Crippen LogP) is 2.08. The molecule has 0 radical (unpaired) electrons. The van der Waals surface area contributed by atoms with Gasteiger partial charge in [-0.3, -0.25) is 4.68 Å². The van der Waals surface area contributed by atoms with Gasteiger partial charge in [0.1, 0.15) is 11.6 Å². The van der Waals surface area contributed by atoms with Gasteiger partial charge in [-0.15, -0.1) is 0 Å². The lowest BCUT2D eigenvalue weighted by Crippen LogP contribution is -2.05. The highest BCUT2D eigenvalue weighted by atomic mass is 16.5. The van der Waals surface area contributed by atoms with E-state index in [1.807, 2.05) is 35.1 Å². The van der Waals surface area contributed by atoms with Crippen molar-refractivity contribution < 1.29 is 9.47 Å². The van der Waals surface area contributed by atoms with Crippen LogP contribution in [0.25, 0.3) is 0 Å². The fraction of sp³-hybridized carbons (Fsp3) is 0.357. The molecule has 0 bridgehead atoms. The summed E-state index contributed by atoms with van der Waals surface area (Å²) in [4.78, 5) is 0. The van der Waals surface area contributed by atoms with Crippen LogP contribution in [0.5, 0.6) is 5.75 Å². The Morgan fingerprint density at radius 2 is 2.21 bits per heavy atom. The number of hydrogen-bond acceptors (Lipinski definition) is 4. The Labute approximate surface area is 112 Å². The van der Waals surface area contributed by atoms with Crippen molar-refractivity contribution in [2.24, 2.45) is 0 Å². The van der Waals surface area contributed by atoms with Gasteiger partial charge in [-0.25, -0.2) is 0 Å². The number of hydrogen-bond donors (Lipinski definition) is 1. The molecule has 102 valence electrons. The number of aryl methyl sites for hydroxylation is 1. The van der Waals surface area contributed by atoms with E-state index in [1.165, 1.54) is 0 Å². The van der Waals surface area contributed by atoms with Crippen molar-refractivity contribution in [2.45, 2.75) is 19.6 Å². The molecule has 2 N–H and O–H groups in total. The summed E-state index contributed by atoms with van der Waals surface area (Å²) < 4.78 is 12.6. The molecule has 0 saturated heterocycles. The summed E-state index contributed by atoms with van der Waals surface area (Å²) in [7, 11) is 1.68. The quantitative estimate of drug-likeness (QED) is 0.775. The molecule has 0 amide bonds. The largest absolute Gasteiger partial charge is 0.494 e. The first-order valence-corrected chi connectivity index (χ1v) is 6.27. The fourth-order valence-electron chi connectivity index (χ4n) is 1.81. The van der Waals surface area contributed by atoms with E-state index >= 15 is 0 Å². The summed E-state index contributed by atoms with van der Waals surface area (Å²) in [6, 6.07) is 9.72. The molecule has 5 nitrogen and oxygen atoms in total. The summed E-state index contributed by atoms with van der Waals surface area (Å²) >= 11 is 0. The van der Waals surface area contributed by atoms with Crippen LogP contribution in [-0.4, -0.2) is 23.5 Å². The van der Waals surface area contributed by atoms with Crippen molar-refractivity contribution in [2.75, 3.05) is 19.5 Å². The van der Waals surface area contributed by atoms with Crippen molar-refractivity contribution in [3.05, 3.63) is 42.1 Å². The second-order valence-corrected chi connectivity index (χ2v) is 4.29. The molecule has 0 aliphatic rings. The van der Waals surface area contributed by atoms with Crippen molar-refractivity contribution in [3.8, 4) is 5.75 Å². The van der Waals surface area contributed by atoms with E-state index in [2.05, 4.69) is 5.10 Å². The summed E-state index contributed by atoms with van der Waals surface area (Å²) in [5, 5.41) is 4.12. The van der Waals surface area contributed by atoms with Crippen LogP contribution in [-0.2, 0) is 17.9 Å². The number of methoxy groups -OCH3 is 1. The third-order valence-corrected chi connectivity index (χ3v) is 2.67. The zero-order valence-electron chi connectivity index (χ0n) is 11.1. The van der Waals surface area contributed by atoms with Gasteiger partial charge >= 0.3 is 0 Å². The Morgan fingerprint density at radius 1 is 1.32 bits per heavy atom. The molecule has 1 aromatic carbocycles. The van der Waals surface area contributed by atoms with Gasteiger partial charge in [-0.2, -0.15) is 5.10 Å². The van der Waals surface area contributed by atoms with Gasteiger partial charge in [0.15, 0.2) is 0 Å². The van der Waals surface area contributed by atoms with Gasteiger partial charge in [0.2, 0.25) is 0 Å². The molecule has 0 atom stereocenters. The molecule has 0 aliphatic heterocycles. The van der Waals surface area contributed by atoms with Crippen LogP contribution in [0.2, 0.25) is 0 Å². The van der Waals surface area contributed by atoms with E-state index in [-0.39, 0.29) is 0 Å². The highest BCUT2D eigenvalue weighted by Gasteiger charge is 1.98. The molecular formula is C14H19N3O2. The van der Waals surface area contributed by atoms with E-state index in [0.29, 0.717) is 19.0 Å². The topological polar surface area (TPSA) is 62.3 Å². The third-order valence-electron chi connectivity index (χ3n) is 2.67. The normalized spacial score (nSPS) is 10.6. The van der Waals surface area contributed by atoms with Gasteiger partial charge < -0.3 is 15.2 Å². The number of aromatic nitrogens is 2. The maximum Gasteiger partial charge on any atom is 0.145 e. The molecule has 0 aliphatic carbocycles. The average molecular weight is 261 g/mol. The highest BCUT2D eigenvalue weighted by Crippen LogP contribution is 2.14. The molecule has 1 aromatic heterocycles. The Hall–Kier alpha value is -2.01. The van der Waals surface area contributed by atoms with Crippen LogP contribution in [0.15, 0.2) is 36.5 Å². The van der Waals surface area contributed by atoms with Crippen molar-refractivity contribution in [1.29, 1.82) is 0 Å². The van der Waals surface area contributed by atoms with Crippen molar-refractivity contribution in [1.82, 2.24) is 9.78 Å². The predicted molar refractivity (Wildman–Crippen MR) is 73.9 cm³/mol. The molecule has 0 saturated carbocycles. The second-order valence-electron chi connectivity index (χ2n) is 4.29. The van der Waals surface area contributed by atoms with Crippen molar-refractivity contribution >= 4 is 5.82 Å². The highest BCUT2D eigenvalue weighted by molar-refractivity contribution is 5.28. The molecule has 19 heavy (non-hydrogen) atoms. The van der Waals surface area contributed by atoms with E-state index in [9.17, 15) is 0 Å². The Morgan fingerprint density at radius 3 is 2.95 bits per heavy atom. The molecule has 2 rings (SSSR count). The summed E-state index contributed by atoms with van der Waals surface area (Å²) in [6.07, 6.45) is 2.75. The van der Waals surface area contributed by atoms with Crippen LogP contribution in [0.3, 0.4) is 0 Å². The summed E-state index contributed by atoms with van der Waals surface area (Å²) in [6.45, 7) is 2.05. The maximum atomic E-state index is 5.69. The van der Waals surface area contributed by atoms with E-state index < -0.39 is 0 Å². The number of benzene rings is 1. The van der Waals surface area contributed by atoms with Crippen LogP contribution in [0.4, 0.5) is 5.82 Å². The minimum Gasteiger partial charge on any atom is -0.494 e. The Bertz CT molecular complexity index is 511. The number of ether oxygens (including phenoxy) is 2. The average Bonchev–Trinajstić information content (AvgIpc) is 2.82.